The van der Waals surface area contributed by atoms with Crippen molar-refractivity contribution in [2.75, 3.05) is 6.61 Å². The molecule has 4 rings (SSSR count). The minimum Gasteiger partial charge on any atom is -0.462 e. The van der Waals surface area contributed by atoms with E-state index in [1.54, 1.807) is 0 Å². The number of benzene rings is 2. The molecule has 0 saturated heterocycles. The molecule has 0 amide bonds. The molecule has 6 heteroatoms. The third-order valence-corrected chi connectivity index (χ3v) is 6.00. The summed E-state index contributed by atoms with van der Waals surface area (Å²) in [6, 6.07) is 18.6. The second-order valence-corrected chi connectivity index (χ2v) is 8.17. The second-order valence-electron chi connectivity index (χ2n) is 7.78. The highest BCUT2D eigenvalue weighted by molar-refractivity contribution is 7.71. The number of rotatable bonds is 6. The molecule has 3 aromatic rings. The smallest absolute Gasteiger partial charge is 0.342 e. The predicted molar refractivity (Wildman–Crippen MR) is 126 cm³/mol. The van der Waals surface area contributed by atoms with Gasteiger partial charge in [0, 0.05) is 6.04 Å². The maximum atomic E-state index is 12.9. The zero-order chi connectivity index (χ0) is 21.6. The molecule has 1 saturated carbocycles. The first-order valence-corrected chi connectivity index (χ1v) is 11.3. The van der Waals surface area contributed by atoms with Crippen molar-refractivity contribution >= 4 is 29.8 Å². The first-order chi connectivity index (χ1) is 15.2. The fraction of sp³-hybridized carbons (Fsp3) is 0.320. The van der Waals surface area contributed by atoms with Gasteiger partial charge in [0.15, 0.2) is 10.6 Å². The lowest BCUT2D eigenvalue weighted by Crippen LogP contribution is -2.18. The van der Waals surface area contributed by atoms with Crippen molar-refractivity contribution in [1.82, 2.24) is 14.8 Å². The molecular weight excluding hydrogens is 406 g/mol. The van der Waals surface area contributed by atoms with Gasteiger partial charge in [0.05, 0.1) is 6.61 Å². The number of H-pyrrole nitrogens is 1. The number of hydrogen-bond donors (Lipinski definition) is 1. The molecule has 1 fully saturated rings. The van der Waals surface area contributed by atoms with Crippen LogP contribution in [-0.2, 0) is 9.53 Å². The molecule has 0 atom stereocenters. The number of hydrogen-bond acceptors (Lipinski definition) is 4. The highest BCUT2D eigenvalue weighted by atomic mass is 32.1. The van der Waals surface area contributed by atoms with Gasteiger partial charge in [-0.3, -0.25) is 9.67 Å². The molecule has 0 aliphatic heterocycles. The average molecular weight is 434 g/mol. The SMILES string of the molecule is CCOC(=O)/C(=C\c1ccc(-c2ccccc2)cc1)c1n[nH]c(=S)n1C1CCCCC1. The maximum absolute atomic E-state index is 12.9. The van der Waals surface area contributed by atoms with Gasteiger partial charge in [-0.25, -0.2) is 4.79 Å². The van der Waals surface area contributed by atoms with E-state index in [1.165, 1.54) is 6.42 Å². The average Bonchev–Trinajstić information content (AvgIpc) is 3.20. The summed E-state index contributed by atoms with van der Waals surface area (Å²) in [7, 11) is 0. The van der Waals surface area contributed by atoms with E-state index in [4.69, 9.17) is 17.0 Å². The number of ether oxygens (including phenoxy) is 1. The molecule has 1 aliphatic rings. The molecule has 31 heavy (non-hydrogen) atoms. The Morgan fingerprint density at radius 2 is 1.77 bits per heavy atom. The number of aromatic amines is 1. The van der Waals surface area contributed by atoms with Crippen LogP contribution in [0.5, 0.6) is 0 Å². The lowest BCUT2D eigenvalue weighted by atomic mass is 9.95. The predicted octanol–water partition coefficient (Wildman–Crippen LogP) is 6.22. The molecule has 0 radical (unpaired) electrons. The molecule has 5 nitrogen and oxygen atoms in total. The van der Waals surface area contributed by atoms with Gasteiger partial charge in [0.25, 0.3) is 0 Å². The number of esters is 1. The topological polar surface area (TPSA) is 59.9 Å². The summed E-state index contributed by atoms with van der Waals surface area (Å²) < 4.78 is 7.93. The zero-order valence-electron chi connectivity index (χ0n) is 17.7. The third kappa shape index (κ3) is 4.85. The molecule has 160 valence electrons. The number of nitrogens with zero attached hydrogens (tertiary/aromatic N) is 2. The standard InChI is InChI=1S/C25H27N3O2S/c1-2-30-24(29)22(23-26-27-25(31)28(23)21-11-7-4-8-12-21)17-18-13-15-20(16-14-18)19-9-5-3-6-10-19/h3,5-6,9-10,13-17,21H,2,4,7-8,11-12H2,1H3,(H,27,31)/b22-17-. The lowest BCUT2D eigenvalue weighted by Gasteiger charge is -2.24. The summed E-state index contributed by atoms with van der Waals surface area (Å²) in [6.07, 6.45) is 7.50. The normalized spacial score (nSPS) is 15.1. The molecule has 1 aromatic heterocycles. The molecule has 1 N–H and O–H groups in total. The van der Waals surface area contributed by atoms with E-state index < -0.39 is 0 Å². The largest absolute Gasteiger partial charge is 0.462 e. The fourth-order valence-electron chi connectivity index (χ4n) is 4.17. The summed E-state index contributed by atoms with van der Waals surface area (Å²) in [6.45, 7) is 2.11. The Kier molecular flexibility index (Phi) is 6.77. The van der Waals surface area contributed by atoms with Gasteiger partial charge < -0.3 is 4.74 Å². The molecule has 0 spiro atoms. The number of aromatic nitrogens is 3. The zero-order valence-corrected chi connectivity index (χ0v) is 18.5. The minimum atomic E-state index is -0.388. The van der Waals surface area contributed by atoms with Crippen LogP contribution in [0.15, 0.2) is 54.6 Å². The summed E-state index contributed by atoms with van der Waals surface area (Å²) in [4.78, 5) is 12.9. The molecule has 0 unspecified atom stereocenters. The Bertz CT molecular complexity index is 1110. The van der Waals surface area contributed by atoms with E-state index in [9.17, 15) is 4.79 Å². The van der Waals surface area contributed by atoms with Crippen molar-refractivity contribution in [2.45, 2.75) is 45.1 Å². The first-order valence-electron chi connectivity index (χ1n) is 10.9. The Labute approximate surface area is 187 Å². The van der Waals surface area contributed by atoms with Crippen LogP contribution in [0.25, 0.3) is 22.8 Å². The highest BCUT2D eigenvalue weighted by Gasteiger charge is 2.25. The van der Waals surface area contributed by atoms with Crippen LogP contribution in [0.3, 0.4) is 0 Å². The van der Waals surface area contributed by atoms with Crippen molar-refractivity contribution in [3.63, 3.8) is 0 Å². The van der Waals surface area contributed by atoms with Crippen LogP contribution in [0, 0.1) is 4.77 Å². The Balaban J connectivity index is 1.72. The fourth-order valence-corrected chi connectivity index (χ4v) is 4.45. The van der Waals surface area contributed by atoms with Crippen LogP contribution in [-0.4, -0.2) is 27.3 Å². The molecule has 2 aromatic carbocycles. The van der Waals surface area contributed by atoms with E-state index >= 15 is 0 Å². The van der Waals surface area contributed by atoms with E-state index in [0.29, 0.717) is 22.8 Å². The van der Waals surface area contributed by atoms with Crippen LogP contribution in [0.4, 0.5) is 0 Å². The van der Waals surface area contributed by atoms with Crippen molar-refractivity contribution in [1.29, 1.82) is 0 Å². The second kappa shape index (κ2) is 9.88. The Morgan fingerprint density at radius 3 is 2.45 bits per heavy atom. The van der Waals surface area contributed by atoms with Crippen molar-refractivity contribution in [3.05, 3.63) is 70.8 Å². The van der Waals surface area contributed by atoms with Crippen molar-refractivity contribution in [2.24, 2.45) is 0 Å². The van der Waals surface area contributed by atoms with Crippen molar-refractivity contribution in [3.8, 4) is 11.1 Å². The monoisotopic (exact) mass is 433 g/mol. The van der Waals surface area contributed by atoms with Crippen LogP contribution in [0.1, 0.15) is 56.5 Å². The van der Waals surface area contributed by atoms with E-state index in [0.717, 1.165) is 42.4 Å². The van der Waals surface area contributed by atoms with Crippen molar-refractivity contribution < 1.29 is 9.53 Å². The summed E-state index contributed by atoms with van der Waals surface area (Å²) in [5.74, 6) is 0.170. The number of nitrogens with one attached hydrogen (secondary N) is 1. The summed E-state index contributed by atoms with van der Waals surface area (Å²) in [5.41, 5.74) is 3.61. The van der Waals surface area contributed by atoms with E-state index in [2.05, 4.69) is 34.5 Å². The first kappa shape index (κ1) is 21.2. The molecule has 1 heterocycles. The van der Waals surface area contributed by atoms with Gasteiger partial charge in [-0.15, -0.1) is 0 Å². The quantitative estimate of drug-likeness (QED) is 0.285. The van der Waals surface area contributed by atoms with Crippen LogP contribution >= 0.6 is 12.2 Å². The minimum absolute atomic E-state index is 0.258. The third-order valence-electron chi connectivity index (χ3n) is 5.71. The van der Waals surface area contributed by atoms with Gasteiger partial charge in [0.2, 0.25) is 0 Å². The van der Waals surface area contributed by atoms with Gasteiger partial charge in [-0.1, -0.05) is 73.9 Å². The number of carbonyl (C=O) groups is 1. The van der Waals surface area contributed by atoms with Crippen LogP contribution < -0.4 is 0 Å². The molecular formula is C25H27N3O2S. The van der Waals surface area contributed by atoms with Gasteiger partial charge in [-0.2, -0.15) is 5.10 Å². The summed E-state index contributed by atoms with van der Waals surface area (Å²) >= 11 is 5.53. The Morgan fingerprint density at radius 1 is 1.10 bits per heavy atom. The van der Waals surface area contributed by atoms with Crippen LogP contribution in [0.2, 0.25) is 0 Å². The van der Waals surface area contributed by atoms with E-state index in [-0.39, 0.29) is 12.0 Å². The maximum Gasteiger partial charge on any atom is 0.342 e. The molecule has 1 aliphatic carbocycles. The number of carbonyl (C=O) groups excluding carboxylic acids is 1. The Hall–Kier alpha value is -2.99. The highest BCUT2D eigenvalue weighted by Crippen LogP contribution is 2.32. The van der Waals surface area contributed by atoms with E-state index in [1.807, 2.05) is 47.9 Å². The lowest BCUT2D eigenvalue weighted by molar-refractivity contribution is -0.136. The summed E-state index contributed by atoms with van der Waals surface area (Å²) in [5, 5.41) is 7.33. The molecule has 0 bridgehead atoms. The van der Waals surface area contributed by atoms with Gasteiger partial charge >= 0.3 is 5.97 Å². The van der Waals surface area contributed by atoms with Gasteiger partial charge in [-0.05, 0) is 54.7 Å². The van der Waals surface area contributed by atoms with Gasteiger partial charge in [0.1, 0.15) is 5.57 Å².